The zero-order valence-corrected chi connectivity index (χ0v) is 13.9. The summed E-state index contributed by atoms with van der Waals surface area (Å²) < 4.78 is 5.37. The van der Waals surface area contributed by atoms with Crippen LogP contribution >= 0.6 is 0 Å². The molecular formula is C18H29NO3. The minimum Gasteiger partial charge on any atom is -0.387 e. The Morgan fingerprint density at radius 3 is 2.23 bits per heavy atom. The normalized spacial score (nSPS) is 19.7. The molecule has 4 heteroatoms. The Morgan fingerprint density at radius 1 is 1.09 bits per heavy atom. The van der Waals surface area contributed by atoms with E-state index in [9.17, 15) is 10.2 Å². The minimum atomic E-state index is -1.15. The van der Waals surface area contributed by atoms with Crippen LogP contribution in [0.2, 0.25) is 0 Å². The number of hydrogen-bond acceptors (Lipinski definition) is 4. The number of benzene rings is 1. The highest BCUT2D eigenvalue weighted by molar-refractivity contribution is 5.44. The number of rotatable bonds is 6. The van der Waals surface area contributed by atoms with Gasteiger partial charge in [-0.2, -0.15) is 0 Å². The molecule has 0 saturated carbocycles. The van der Waals surface area contributed by atoms with Gasteiger partial charge in [-0.3, -0.25) is 0 Å². The molecule has 0 aromatic heterocycles. The highest BCUT2D eigenvalue weighted by Gasteiger charge is 2.37. The van der Waals surface area contributed by atoms with Crippen molar-refractivity contribution in [3.63, 3.8) is 0 Å². The first kappa shape index (κ1) is 17.3. The third-order valence-electron chi connectivity index (χ3n) is 4.76. The smallest absolute Gasteiger partial charge is 0.0940 e. The van der Waals surface area contributed by atoms with Crippen LogP contribution in [0.1, 0.15) is 39.2 Å². The largest absolute Gasteiger partial charge is 0.387 e. The summed E-state index contributed by atoms with van der Waals surface area (Å²) in [4.78, 5) is 0. The topological polar surface area (TPSA) is 61.7 Å². The van der Waals surface area contributed by atoms with Crippen molar-refractivity contribution in [3.05, 3.63) is 29.8 Å². The van der Waals surface area contributed by atoms with Gasteiger partial charge in [-0.05, 0) is 57.2 Å². The molecule has 1 aliphatic heterocycles. The number of hydrogen-bond donors (Lipinski definition) is 3. The Hall–Kier alpha value is -1.10. The van der Waals surface area contributed by atoms with Gasteiger partial charge in [0.15, 0.2) is 0 Å². The second-order valence-electron chi connectivity index (χ2n) is 7.14. The molecule has 0 aliphatic carbocycles. The fourth-order valence-electron chi connectivity index (χ4n) is 2.57. The fraction of sp³-hybridized carbons (Fsp3) is 0.667. The van der Waals surface area contributed by atoms with Gasteiger partial charge in [0.05, 0.1) is 11.2 Å². The molecule has 1 heterocycles. The van der Waals surface area contributed by atoms with Crippen molar-refractivity contribution in [3.8, 4) is 0 Å². The predicted octanol–water partition coefficient (Wildman–Crippen LogP) is 2.59. The summed E-state index contributed by atoms with van der Waals surface area (Å²) in [6.45, 7) is 7.66. The van der Waals surface area contributed by atoms with Crippen LogP contribution in [0.25, 0.3) is 0 Å². The van der Waals surface area contributed by atoms with Gasteiger partial charge in [-0.25, -0.2) is 0 Å². The molecule has 3 N–H and O–H groups in total. The number of nitrogens with one attached hydrogen (secondary N) is 1. The molecule has 1 fully saturated rings. The van der Waals surface area contributed by atoms with Crippen LogP contribution in [-0.2, 0) is 11.2 Å². The van der Waals surface area contributed by atoms with Crippen molar-refractivity contribution < 1.29 is 14.9 Å². The first-order valence-corrected chi connectivity index (χ1v) is 8.13. The van der Waals surface area contributed by atoms with E-state index >= 15 is 0 Å². The van der Waals surface area contributed by atoms with Gasteiger partial charge in [0, 0.05) is 31.9 Å². The molecule has 1 aliphatic rings. The van der Waals surface area contributed by atoms with E-state index in [2.05, 4.69) is 5.32 Å². The van der Waals surface area contributed by atoms with Crippen LogP contribution in [0, 0.1) is 5.92 Å². The molecule has 124 valence electrons. The van der Waals surface area contributed by atoms with Crippen LogP contribution < -0.4 is 5.32 Å². The molecule has 1 unspecified atom stereocenters. The van der Waals surface area contributed by atoms with Gasteiger partial charge in [-0.15, -0.1) is 0 Å². The SMILES string of the molecule is CC(C)(O)C(C)(O)Cc1ccc(NCC2CCOCC2)cc1. The van der Waals surface area contributed by atoms with Gasteiger partial charge in [0.1, 0.15) is 0 Å². The van der Waals surface area contributed by atoms with Crippen LogP contribution in [0.15, 0.2) is 24.3 Å². The molecular weight excluding hydrogens is 278 g/mol. The summed E-state index contributed by atoms with van der Waals surface area (Å²) in [5, 5.41) is 23.9. The van der Waals surface area contributed by atoms with Crippen LogP contribution in [0.4, 0.5) is 5.69 Å². The summed E-state index contributed by atoms with van der Waals surface area (Å²) in [6, 6.07) is 8.09. The average molecular weight is 307 g/mol. The average Bonchev–Trinajstić information content (AvgIpc) is 2.46. The summed E-state index contributed by atoms with van der Waals surface area (Å²) in [7, 11) is 0. The van der Waals surface area contributed by atoms with Crippen LogP contribution in [0.5, 0.6) is 0 Å². The van der Waals surface area contributed by atoms with Gasteiger partial charge < -0.3 is 20.3 Å². The maximum absolute atomic E-state index is 10.4. The van der Waals surface area contributed by atoms with Crippen LogP contribution in [-0.4, -0.2) is 41.2 Å². The maximum Gasteiger partial charge on any atom is 0.0940 e. The molecule has 0 bridgehead atoms. The lowest BCUT2D eigenvalue weighted by atomic mass is 9.82. The van der Waals surface area contributed by atoms with E-state index < -0.39 is 11.2 Å². The Labute approximate surface area is 133 Å². The third-order valence-corrected chi connectivity index (χ3v) is 4.76. The number of anilines is 1. The number of ether oxygens (including phenoxy) is 1. The highest BCUT2D eigenvalue weighted by atomic mass is 16.5. The maximum atomic E-state index is 10.4. The summed E-state index contributed by atoms with van der Waals surface area (Å²) >= 11 is 0. The molecule has 0 amide bonds. The van der Waals surface area contributed by atoms with Gasteiger partial charge in [0.2, 0.25) is 0 Å². The number of aliphatic hydroxyl groups is 2. The van der Waals surface area contributed by atoms with Crippen molar-refractivity contribution in [1.29, 1.82) is 0 Å². The second-order valence-corrected chi connectivity index (χ2v) is 7.14. The van der Waals surface area contributed by atoms with Crippen molar-refractivity contribution in [2.75, 3.05) is 25.1 Å². The molecule has 2 rings (SSSR count). The predicted molar refractivity (Wildman–Crippen MR) is 89.1 cm³/mol. The Bertz CT molecular complexity index is 456. The second kappa shape index (κ2) is 6.99. The van der Waals surface area contributed by atoms with Crippen molar-refractivity contribution in [2.45, 2.75) is 51.2 Å². The molecule has 1 atom stereocenters. The van der Waals surface area contributed by atoms with E-state index in [1.807, 2.05) is 24.3 Å². The van der Waals surface area contributed by atoms with E-state index in [0.29, 0.717) is 12.3 Å². The lowest BCUT2D eigenvalue weighted by Gasteiger charge is -2.35. The molecule has 22 heavy (non-hydrogen) atoms. The minimum absolute atomic E-state index is 0.427. The monoisotopic (exact) mass is 307 g/mol. The lowest BCUT2D eigenvalue weighted by molar-refractivity contribution is -0.118. The molecule has 0 spiro atoms. The third kappa shape index (κ3) is 4.70. The quantitative estimate of drug-likeness (QED) is 0.756. The van der Waals surface area contributed by atoms with Crippen molar-refractivity contribution >= 4 is 5.69 Å². The van der Waals surface area contributed by atoms with Crippen molar-refractivity contribution in [1.82, 2.24) is 0 Å². The Kier molecular flexibility index (Phi) is 5.48. The van der Waals surface area contributed by atoms with E-state index in [0.717, 1.165) is 43.9 Å². The van der Waals surface area contributed by atoms with E-state index in [1.165, 1.54) is 0 Å². The zero-order valence-electron chi connectivity index (χ0n) is 13.9. The first-order valence-electron chi connectivity index (χ1n) is 8.13. The molecule has 4 nitrogen and oxygen atoms in total. The highest BCUT2D eigenvalue weighted by Crippen LogP contribution is 2.26. The Balaban J connectivity index is 1.87. The molecule has 1 saturated heterocycles. The molecule has 1 aromatic carbocycles. The Morgan fingerprint density at radius 2 is 1.68 bits per heavy atom. The van der Waals surface area contributed by atoms with Gasteiger partial charge in [-0.1, -0.05) is 12.1 Å². The van der Waals surface area contributed by atoms with E-state index in [-0.39, 0.29) is 0 Å². The van der Waals surface area contributed by atoms with E-state index in [4.69, 9.17) is 4.74 Å². The summed E-state index contributed by atoms with van der Waals surface area (Å²) in [5.41, 5.74) is -0.168. The lowest BCUT2D eigenvalue weighted by Crippen LogP contribution is -2.49. The van der Waals surface area contributed by atoms with Gasteiger partial charge in [0.25, 0.3) is 0 Å². The van der Waals surface area contributed by atoms with Crippen molar-refractivity contribution in [2.24, 2.45) is 5.92 Å². The summed E-state index contributed by atoms with van der Waals surface area (Å²) in [6.07, 6.45) is 2.68. The summed E-state index contributed by atoms with van der Waals surface area (Å²) in [5.74, 6) is 0.685. The van der Waals surface area contributed by atoms with Gasteiger partial charge >= 0.3 is 0 Å². The van der Waals surface area contributed by atoms with E-state index in [1.54, 1.807) is 20.8 Å². The molecule has 1 aromatic rings. The standard InChI is InChI=1S/C18H29NO3/c1-17(2,20)18(3,21)12-14-4-6-16(7-5-14)19-13-15-8-10-22-11-9-15/h4-7,15,19-21H,8-13H2,1-3H3. The zero-order chi connectivity index (χ0) is 16.2. The fourth-order valence-corrected chi connectivity index (χ4v) is 2.57. The first-order chi connectivity index (χ1) is 10.3. The van der Waals surface area contributed by atoms with Crippen LogP contribution in [0.3, 0.4) is 0 Å². The molecule has 0 radical (unpaired) electrons.